The smallest absolute Gasteiger partial charge is 0.345 e. The summed E-state index contributed by atoms with van der Waals surface area (Å²) in [6.07, 6.45) is 2.52. The average Bonchev–Trinajstić information content (AvgIpc) is 2.67. The Morgan fingerprint density at radius 2 is 1.96 bits per heavy atom. The zero-order valence-electron chi connectivity index (χ0n) is 14.7. The topological polar surface area (TPSA) is 120 Å². The number of Topliss-reactive ketones (excluding diaryl/α,β-unsaturated/α-hetero) is 1. The number of hydrogen-bond donors (Lipinski definition) is 1. The molecule has 0 spiro atoms. The van der Waals surface area contributed by atoms with E-state index in [1.54, 1.807) is 32.0 Å². The number of ether oxygens (including phenoxy) is 1. The van der Waals surface area contributed by atoms with Crippen LogP contribution in [0.5, 0.6) is 0 Å². The summed E-state index contributed by atoms with van der Waals surface area (Å²) in [5, 5.41) is 2.98. The van der Waals surface area contributed by atoms with Crippen LogP contribution in [0.15, 0.2) is 35.5 Å². The van der Waals surface area contributed by atoms with Gasteiger partial charge >= 0.3 is 5.97 Å². The molecule has 0 aliphatic heterocycles. The third-order valence-corrected chi connectivity index (χ3v) is 3.87. The second kappa shape index (κ2) is 7.32. The summed E-state index contributed by atoms with van der Waals surface area (Å²) in [5.41, 5.74) is 0.353. The highest BCUT2D eigenvalue weighted by molar-refractivity contribution is 6.40. The molecule has 1 N–H and O–H groups in total. The fourth-order valence-corrected chi connectivity index (χ4v) is 2.51. The molecule has 0 radical (unpaired) electrons. The van der Waals surface area contributed by atoms with Crippen molar-refractivity contribution in [3.05, 3.63) is 46.6 Å². The van der Waals surface area contributed by atoms with Crippen molar-refractivity contribution in [3.63, 3.8) is 0 Å². The molecule has 0 saturated heterocycles. The van der Waals surface area contributed by atoms with Crippen molar-refractivity contribution in [2.45, 2.75) is 20.3 Å². The predicted octanol–water partition coefficient (Wildman–Crippen LogP) is 1.34. The van der Waals surface area contributed by atoms with E-state index >= 15 is 0 Å². The average molecular weight is 368 g/mol. The van der Waals surface area contributed by atoms with Crippen LogP contribution in [0.2, 0.25) is 0 Å². The van der Waals surface area contributed by atoms with Crippen LogP contribution in [-0.4, -0.2) is 38.6 Å². The second-order valence-corrected chi connectivity index (χ2v) is 5.60. The van der Waals surface area contributed by atoms with Crippen LogP contribution >= 0.6 is 0 Å². The van der Waals surface area contributed by atoms with Gasteiger partial charge < -0.3 is 10.1 Å². The van der Waals surface area contributed by atoms with Crippen LogP contribution in [0.1, 0.15) is 30.6 Å². The van der Waals surface area contributed by atoms with Gasteiger partial charge in [0.15, 0.2) is 0 Å². The summed E-state index contributed by atoms with van der Waals surface area (Å²) in [4.78, 5) is 56.0. The zero-order valence-corrected chi connectivity index (χ0v) is 14.7. The minimum Gasteiger partial charge on any atom is -0.462 e. The molecular weight excluding hydrogens is 352 g/mol. The van der Waals surface area contributed by atoms with Crippen LogP contribution in [0.3, 0.4) is 0 Å². The number of nitrogens with zero attached hydrogens (tertiary/aromatic N) is 3. The minimum atomic E-state index is -0.761. The number of amides is 1. The highest BCUT2D eigenvalue weighted by Crippen LogP contribution is 2.20. The van der Waals surface area contributed by atoms with Crippen LogP contribution in [-0.2, 0) is 14.3 Å². The van der Waals surface area contributed by atoms with Gasteiger partial charge in [0.25, 0.3) is 11.5 Å². The van der Waals surface area contributed by atoms with Crippen molar-refractivity contribution in [3.8, 4) is 0 Å². The normalized spacial score (nSPS) is 10.7. The molecular formula is C18H16N4O5. The molecule has 3 rings (SSSR count). The molecule has 9 nitrogen and oxygen atoms in total. The van der Waals surface area contributed by atoms with Gasteiger partial charge in [-0.2, -0.15) is 0 Å². The van der Waals surface area contributed by atoms with Gasteiger partial charge in [-0.15, -0.1) is 0 Å². The number of hydrogen-bond acceptors (Lipinski definition) is 7. The predicted molar refractivity (Wildman–Crippen MR) is 96.6 cm³/mol. The van der Waals surface area contributed by atoms with Crippen LogP contribution in [0.25, 0.3) is 16.6 Å². The van der Waals surface area contributed by atoms with Gasteiger partial charge in [-0.25, -0.2) is 19.2 Å². The van der Waals surface area contributed by atoms with Crippen molar-refractivity contribution >= 4 is 39.9 Å². The summed E-state index contributed by atoms with van der Waals surface area (Å²) in [7, 11) is 0. The van der Waals surface area contributed by atoms with Crippen molar-refractivity contribution in [1.29, 1.82) is 0 Å². The van der Waals surface area contributed by atoms with Crippen molar-refractivity contribution < 1.29 is 19.1 Å². The largest absolute Gasteiger partial charge is 0.462 e. The lowest BCUT2D eigenvalue weighted by Crippen LogP contribution is -2.24. The third kappa shape index (κ3) is 3.39. The molecule has 0 bridgehead atoms. The van der Waals surface area contributed by atoms with Crippen molar-refractivity contribution in [2.75, 3.05) is 11.9 Å². The number of rotatable bonds is 5. The Labute approximate surface area is 153 Å². The van der Waals surface area contributed by atoms with Gasteiger partial charge in [0.05, 0.1) is 12.1 Å². The van der Waals surface area contributed by atoms with E-state index in [0.717, 1.165) is 10.6 Å². The van der Waals surface area contributed by atoms with Crippen LogP contribution in [0, 0.1) is 0 Å². The van der Waals surface area contributed by atoms with E-state index in [1.807, 2.05) is 0 Å². The summed E-state index contributed by atoms with van der Waals surface area (Å²) in [6, 6.07) is 4.79. The maximum atomic E-state index is 12.5. The van der Waals surface area contributed by atoms with E-state index in [4.69, 9.17) is 4.74 Å². The monoisotopic (exact) mass is 368 g/mol. The standard InChI is InChI=1S/C18H16N4O5/c1-3-14(23)16(24)21-10-5-6-13-11(7-10)15-19-8-12(18(26)27-4-2)17(25)22(15)9-20-13/h5-9H,3-4H2,1-2H3,(H,21,24). The van der Waals surface area contributed by atoms with Gasteiger partial charge in [0.2, 0.25) is 5.78 Å². The fourth-order valence-electron chi connectivity index (χ4n) is 2.51. The highest BCUT2D eigenvalue weighted by atomic mass is 16.5. The van der Waals surface area contributed by atoms with Gasteiger partial charge in [-0.1, -0.05) is 6.92 Å². The molecule has 3 aromatic rings. The molecule has 2 aromatic heterocycles. The van der Waals surface area contributed by atoms with Crippen molar-refractivity contribution in [2.24, 2.45) is 0 Å². The van der Waals surface area contributed by atoms with E-state index in [2.05, 4.69) is 15.3 Å². The Hall–Kier alpha value is -3.62. The Morgan fingerprint density at radius 1 is 1.19 bits per heavy atom. The SMILES string of the molecule is CCOC(=O)c1cnc2c3cc(NC(=O)C(=O)CC)ccc3ncn2c1=O. The molecule has 9 heteroatoms. The van der Waals surface area contributed by atoms with Gasteiger partial charge in [-0.05, 0) is 25.1 Å². The van der Waals surface area contributed by atoms with Crippen LogP contribution < -0.4 is 10.9 Å². The number of aromatic nitrogens is 3. The van der Waals surface area contributed by atoms with E-state index in [-0.39, 0.29) is 24.2 Å². The first-order valence-electron chi connectivity index (χ1n) is 8.27. The third-order valence-electron chi connectivity index (χ3n) is 3.87. The van der Waals surface area contributed by atoms with E-state index in [1.165, 1.54) is 6.33 Å². The number of anilines is 1. The molecule has 0 saturated carbocycles. The second-order valence-electron chi connectivity index (χ2n) is 5.60. The number of benzene rings is 1. The lowest BCUT2D eigenvalue weighted by Gasteiger charge is -2.08. The number of ketones is 1. The first-order chi connectivity index (χ1) is 13.0. The lowest BCUT2D eigenvalue weighted by atomic mass is 10.2. The minimum absolute atomic E-state index is 0.0947. The maximum absolute atomic E-state index is 12.5. The lowest BCUT2D eigenvalue weighted by molar-refractivity contribution is -0.134. The quantitative estimate of drug-likeness (QED) is 0.410. The Bertz CT molecular complexity index is 1140. The van der Waals surface area contributed by atoms with Gasteiger partial charge in [0.1, 0.15) is 17.5 Å². The molecule has 0 aliphatic carbocycles. The Kier molecular flexibility index (Phi) is 4.93. The molecule has 1 aromatic carbocycles. The maximum Gasteiger partial charge on any atom is 0.345 e. The van der Waals surface area contributed by atoms with E-state index in [9.17, 15) is 19.2 Å². The molecule has 138 valence electrons. The molecule has 27 heavy (non-hydrogen) atoms. The Morgan fingerprint density at radius 3 is 2.67 bits per heavy atom. The van der Waals surface area contributed by atoms with E-state index < -0.39 is 23.2 Å². The van der Waals surface area contributed by atoms with Crippen molar-refractivity contribution in [1.82, 2.24) is 14.4 Å². The number of carbonyl (C=O) groups is 3. The number of nitrogens with one attached hydrogen (secondary N) is 1. The molecule has 0 atom stereocenters. The molecule has 1 amide bonds. The van der Waals surface area contributed by atoms with Gasteiger partial charge in [-0.3, -0.25) is 14.4 Å². The van der Waals surface area contributed by atoms with Crippen LogP contribution in [0.4, 0.5) is 5.69 Å². The summed E-state index contributed by atoms with van der Waals surface area (Å²) in [5.74, 6) is -2.03. The summed E-state index contributed by atoms with van der Waals surface area (Å²) < 4.78 is 5.99. The number of carbonyl (C=O) groups excluding carboxylic acids is 3. The van der Waals surface area contributed by atoms with Gasteiger partial charge in [0, 0.05) is 23.7 Å². The molecule has 2 heterocycles. The number of esters is 1. The highest BCUT2D eigenvalue weighted by Gasteiger charge is 2.16. The molecule has 0 fully saturated rings. The molecule has 0 unspecified atom stereocenters. The summed E-state index contributed by atoms with van der Waals surface area (Å²) >= 11 is 0. The number of fused-ring (bicyclic) bond motifs is 3. The molecule has 0 aliphatic rings. The first-order valence-corrected chi connectivity index (χ1v) is 8.27. The fraction of sp³-hybridized carbons (Fsp3) is 0.222. The van der Waals surface area contributed by atoms with E-state index in [0.29, 0.717) is 16.6 Å². The summed E-state index contributed by atoms with van der Waals surface area (Å²) in [6.45, 7) is 3.37. The Balaban J connectivity index is 2.12. The first kappa shape index (κ1) is 18.2. The zero-order chi connectivity index (χ0) is 19.6.